The van der Waals surface area contributed by atoms with Gasteiger partial charge in [-0.15, -0.1) is 5.92 Å². The summed E-state index contributed by atoms with van der Waals surface area (Å²) in [6.07, 6.45) is 1.77. The van der Waals surface area contributed by atoms with Gasteiger partial charge in [-0.1, -0.05) is 5.92 Å². The van der Waals surface area contributed by atoms with Gasteiger partial charge in [-0.2, -0.15) is 0 Å². The maximum absolute atomic E-state index is 5.19. The average molecular weight is 217 g/mol. The molecule has 84 valence electrons. The monoisotopic (exact) mass is 217 g/mol. The van der Waals surface area contributed by atoms with E-state index in [-0.39, 0.29) is 0 Å². The van der Waals surface area contributed by atoms with Gasteiger partial charge in [0.1, 0.15) is 0 Å². The quantitative estimate of drug-likeness (QED) is 0.571. The lowest BCUT2D eigenvalue weighted by Gasteiger charge is -2.07. The molecule has 0 aliphatic rings. The van der Waals surface area contributed by atoms with Crippen molar-refractivity contribution in [3.63, 3.8) is 0 Å². The van der Waals surface area contributed by atoms with Gasteiger partial charge < -0.3 is 9.47 Å². The second-order valence-corrected chi connectivity index (χ2v) is 3.01. The maximum Gasteiger partial charge on any atom is 0.161 e. The minimum atomic E-state index is 0.519. The van der Waals surface area contributed by atoms with E-state index in [0.29, 0.717) is 18.0 Å². The van der Waals surface area contributed by atoms with Gasteiger partial charge in [-0.3, -0.25) is 4.99 Å². The average Bonchev–Trinajstić information content (AvgIpc) is 2.34. The fourth-order valence-electron chi connectivity index (χ4n) is 1.21. The molecule has 0 atom stereocenters. The lowest BCUT2D eigenvalue weighted by molar-refractivity contribution is 0.355. The molecule has 0 spiro atoms. The second-order valence-electron chi connectivity index (χ2n) is 3.01. The van der Waals surface area contributed by atoms with Crippen LogP contribution in [0.4, 0.5) is 0 Å². The molecule has 0 heterocycles. The van der Waals surface area contributed by atoms with Crippen LogP contribution in [0.2, 0.25) is 0 Å². The van der Waals surface area contributed by atoms with Crippen LogP contribution >= 0.6 is 0 Å². The molecule has 0 saturated carbocycles. The molecule has 0 radical (unpaired) electrons. The van der Waals surface area contributed by atoms with Crippen LogP contribution in [0.15, 0.2) is 23.2 Å². The number of rotatable bonds is 4. The third-order valence-corrected chi connectivity index (χ3v) is 2.00. The molecule has 0 aromatic heterocycles. The Morgan fingerprint density at radius 3 is 2.62 bits per heavy atom. The van der Waals surface area contributed by atoms with Crippen LogP contribution in [0.25, 0.3) is 0 Å². The number of hydrogen-bond acceptors (Lipinski definition) is 3. The van der Waals surface area contributed by atoms with Gasteiger partial charge in [0, 0.05) is 6.21 Å². The lowest BCUT2D eigenvalue weighted by atomic mass is 10.2. The molecular formula is C13H15NO2. The predicted octanol–water partition coefficient (Wildman–Crippen LogP) is 2.15. The van der Waals surface area contributed by atoms with E-state index < -0.39 is 0 Å². The van der Waals surface area contributed by atoms with Gasteiger partial charge in [0.25, 0.3) is 0 Å². The van der Waals surface area contributed by atoms with Crippen molar-refractivity contribution in [3.8, 4) is 23.3 Å². The Morgan fingerprint density at radius 2 is 2.00 bits per heavy atom. The van der Waals surface area contributed by atoms with E-state index in [1.165, 1.54) is 0 Å². The largest absolute Gasteiger partial charge is 0.493 e. The highest BCUT2D eigenvalue weighted by Gasteiger charge is 2.02. The maximum atomic E-state index is 5.19. The molecule has 0 N–H and O–H groups in total. The van der Waals surface area contributed by atoms with E-state index in [4.69, 9.17) is 9.47 Å². The van der Waals surface area contributed by atoms with Crippen molar-refractivity contribution in [1.29, 1.82) is 0 Å². The van der Waals surface area contributed by atoms with E-state index in [1.54, 1.807) is 27.4 Å². The van der Waals surface area contributed by atoms with Crippen molar-refractivity contribution < 1.29 is 9.47 Å². The SMILES string of the molecule is CC#CCN=Cc1ccc(OC)c(OC)c1. The van der Waals surface area contributed by atoms with Crippen LogP contribution < -0.4 is 9.47 Å². The van der Waals surface area contributed by atoms with Crippen molar-refractivity contribution in [3.05, 3.63) is 23.8 Å². The molecule has 3 nitrogen and oxygen atoms in total. The summed E-state index contributed by atoms with van der Waals surface area (Å²) in [5, 5.41) is 0. The smallest absolute Gasteiger partial charge is 0.161 e. The van der Waals surface area contributed by atoms with E-state index >= 15 is 0 Å². The molecule has 0 saturated heterocycles. The molecule has 1 aromatic carbocycles. The van der Waals surface area contributed by atoms with Crippen LogP contribution in [-0.4, -0.2) is 27.0 Å². The molecular weight excluding hydrogens is 202 g/mol. The van der Waals surface area contributed by atoms with E-state index in [2.05, 4.69) is 16.8 Å². The highest BCUT2D eigenvalue weighted by molar-refractivity contribution is 5.81. The molecule has 16 heavy (non-hydrogen) atoms. The topological polar surface area (TPSA) is 30.8 Å². The van der Waals surface area contributed by atoms with Crippen molar-refractivity contribution in [2.24, 2.45) is 4.99 Å². The Morgan fingerprint density at radius 1 is 1.25 bits per heavy atom. The van der Waals surface area contributed by atoms with Gasteiger partial charge in [-0.05, 0) is 30.7 Å². The molecule has 0 bridgehead atoms. The standard InChI is InChI=1S/C13H15NO2/c1-4-5-8-14-10-11-6-7-12(15-2)13(9-11)16-3/h6-7,9-10H,8H2,1-3H3. The zero-order valence-electron chi connectivity index (χ0n) is 9.78. The Hall–Kier alpha value is -1.95. The summed E-state index contributed by atoms with van der Waals surface area (Å²) >= 11 is 0. The molecule has 0 aliphatic heterocycles. The van der Waals surface area contributed by atoms with Crippen LogP contribution in [-0.2, 0) is 0 Å². The molecule has 3 heteroatoms. The molecule has 0 aliphatic carbocycles. The molecule has 0 amide bonds. The lowest BCUT2D eigenvalue weighted by Crippen LogP contribution is -1.92. The number of nitrogens with zero attached hydrogens (tertiary/aromatic N) is 1. The minimum Gasteiger partial charge on any atom is -0.493 e. The van der Waals surface area contributed by atoms with Crippen LogP contribution in [0, 0.1) is 11.8 Å². The highest BCUT2D eigenvalue weighted by atomic mass is 16.5. The Bertz CT molecular complexity index is 427. The highest BCUT2D eigenvalue weighted by Crippen LogP contribution is 2.26. The van der Waals surface area contributed by atoms with Crippen molar-refractivity contribution in [2.75, 3.05) is 20.8 Å². The van der Waals surface area contributed by atoms with Crippen LogP contribution in [0.1, 0.15) is 12.5 Å². The normalized spacial score (nSPS) is 9.69. The predicted molar refractivity (Wildman–Crippen MR) is 65.5 cm³/mol. The third kappa shape index (κ3) is 3.32. The molecule has 0 fully saturated rings. The van der Waals surface area contributed by atoms with Crippen LogP contribution in [0.5, 0.6) is 11.5 Å². The summed E-state index contributed by atoms with van der Waals surface area (Å²) in [4.78, 5) is 4.17. The zero-order valence-corrected chi connectivity index (χ0v) is 9.78. The van der Waals surface area contributed by atoms with E-state index in [9.17, 15) is 0 Å². The van der Waals surface area contributed by atoms with Gasteiger partial charge >= 0.3 is 0 Å². The third-order valence-electron chi connectivity index (χ3n) is 2.00. The van der Waals surface area contributed by atoms with Crippen LogP contribution in [0.3, 0.4) is 0 Å². The fraction of sp³-hybridized carbons (Fsp3) is 0.308. The molecule has 0 unspecified atom stereocenters. The van der Waals surface area contributed by atoms with Gasteiger partial charge in [0.15, 0.2) is 11.5 Å². The first kappa shape index (κ1) is 12.1. The summed E-state index contributed by atoms with van der Waals surface area (Å²) in [6, 6.07) is 5.65. The summed E-state index contributed by atoms with van der Waals surface area (Å²) in [6.45, 7) is 2.32. The van der Waals surface area contributed by atoms with E-state index in [0.717, 1.165) is 5.56 Å². The number of benzene rings is 1. The van der Waals surface area contributed by atoms with Crippen molar-refractivity contribution >= 4 is 6.21 Å². The van der Waals surface area contributed by atoms with Gasteiger partial charge in [0.05, 0.1) is 20.8 Å². The first-order valence-electron chi connectivity index (χ1n) is 4.93. The summed E-state index contributed by atoms with van der Waals surface area (Å²) < 4.78 is 10.3. The van der Waals surface area contributed by atoms with Crippen molar-refractivity contribution in [1.82, 2.24) is 0 Å². The van der Waals surface area contributed by atoms with Crippen molar-refractivity contribution in [2.45, 2.75) is 6.92 Å². The first-order chi connectivity index (χ1) is 7.81. The Balaban J connectivity index is 2.81. The Labute approximate surface area is 96.1 Å². The minimum absolute atomic E-state index is 0.519. The fourth-order valence-corrected chi connectivity index (χ4v) is 1.21. The number of methoxy groups -OCH3 is 2. The second kappa shape index (κ2) is 6.52. The van der Waals surface area contributed by atoms with E-state index in [1.807, 2.05) is 18.2 Å². The Kier molecular flexibility index (Phi) is 4.94. The number of hydrogen-bond donors (Lipinski definition) is 0. The zero-order chi connectivity index (χ0) is 11.8. The summed E-state index contributed by atoms with van der Waals surface area (Å²) in [5.41, 5.74) is 0.968. The number of aliphatic imine (C=N–C) groups is 1. The number of ether oxygens (including phenoxy) is 2. The molecule has 1 aromatic rings. The molecule has 1 rings (SSSR count). The van der Waals surface area contributed by atoms with Gasteiger partial charge in [0.2, 0.25) is 0 Å². The summed E-state index contributed by atoms with van der Waals surface area (Å²) in [7, 11) is 3.23. The van der Waals surface area contributed by atoms with Gasteiger partial charge in [-0.25, -0.2) is 0 Å². The first-order valence-corrected chi connectivity index (χ1v) is 4.93. The summed E-state index contributed by atoms with van der Waals surface area (Å²) in [5.74, 6) is 7.07.